The molecule has 0 bridgehead atoms. The first-order valence-corrected chi connectivity index (χ1v) is 9.60. The summed E-state index contributed by atoms with van der Waals surface area (Å²) in [6.07, 6.45) is 0. The zero-order valence-corrected chi connectivity index (χ0v) is 18.4. The molecular formula is C23H34N2O3. The highest BCUT2D eigenvalue weighted by atomic mass is 16.6. The third-order valence-electron chi connectivity index (χ3n) is 3.53. The summed E-state index contributed by atoms with van der Waals surface area (Å²) in [6.45, 7) is 10.4. The summed E-state index contributed by atoms with van der Waals surface area (Å²) in [7, 11) is 4.70. The Morgan fingerprint density at radius 2 is 1.50 bits per heavy atom. The Bertz CT molecular complexity index is 740. The van der Waals surface area contributed by atoms with Crippen molar-refractivity contribution in [3.8, 4) is 5.75 Å². The molecule has 0 saturated carbocycles. The van der Waals surface area contributed by atoms with Crippen LogP contribution in [0.15, 0.2) is 58.7 Å². The van der Waals surface area contributed by atoms with Crippen molar-refractivity contribution >= 4 is 11.6 Å². The Kier molecular flexibility index (Phi) is 13.7. The third-order valence-corrected chi connectivity index (χ3v) is 3.53. The SMILES string of the molecule is CC.CC.CN=C(OC)/C(=N\OC)c1ccccc1COc1ccccc1C. The van der Waals surface area contributed by atoms with Crippen molar-refractivity contribution in [2.24, 2.45) is 10.1 Å². The van der Waals surface area contributed by atoms with Crippen LogP contribution in [0.1, 0.15) is 44.4 Å². The van der Waals surface area contributed by atoms with E-state index in [1.165, 1.54) is 7.11 Å². The van der Waals surface area contributed by atoms with Crippen LogP contribution in [-0.2, 0) is 16.2 Å². The first-order valence-electron chi connectivity index (χ1n) is 9.60. The molecule has 0 N–H and O–H groups in total. The number of oxime groups is 1. The van der Waals surface area contributed by atoms with E-state index in [0.29, 0.717) is 18.2 Å². The van der Waals surface area contributed by atoms with Gasteiger partial charge in [-0.25, -0.2) is 0 Å². The van der Waals surface area contributed by atoms with Crippen LogP contribution in [0.3, 0.4) is 0 Å². The Hall–Kier alpha value is -2.82. The number of aryl methyl sites for hydroxylation is 1. The number of aliphatic imine (C=N–C) groups is 1. The largest absolute Gasteiger partial charge is 0.489 e. The van der Waals surface area contributed by atoms with Crippen LogP contribution in [0.5, 0.6) is 5.75 Å². The van der Waals surface area contributed by atoms with Crippen molar-refractivity contribution in [3.05, 3.63) is 65.2 Å². The van der Waals surface area contributed by atoms with Gasteiger partial charge < -0.3 is 14.3 Å². The fraction of sp³-hybridized carbons (Fsp3) is 0.391. The molecule has 0 heterocycles. The predicted octanol–water partition coefficient (Wildman–Crippen LogP) is 5.65. The number of benzene rings is 2. The van der Waals surface area contributed by atoms with Crippen molar-refractivity contribution in [2.45, 2.75) is 41.2 Å². The number of rotatable bonds is 6. The van der Waals surface area contributed by atoms with Gasteiger partial charge in [0.05, 0.1) is 7.11 Å². The molecule has 2 rings (SSSR count). The summed E-state index contributed by atoms with van der Waals surface area (Å²) < 4.78 is 11.3. The molecule has 0 aliphatic rings. The average Bonchev–Trinajstić information content (AvgIpc) is 2.76. The van der Waals surface area contributed by atoms with Gasteiger partial charge in [0.2, 0.25) is 5.90 Å². The van der Waals surface area contributed by atoms with Crippen molar-refractivity contribution in [1.82, 2.24) is 0 Å². The van der Waals surface area contributed by atoms with Crippen LogP contribution in [0.4, 0.5) is 0 Å². The molecular weight excluding hydrogens is 352 g/mol. The summed E-state index contributed by atoms with van der Waals surface area (Å²) in [5.74, 6) is 1.26. The molecule has 0 radical (unpaired) electrons. The standard InChI is InChI=1S/C19H22N2O3.2C2H6/c1-14-9-5-8-12-17(14)24-13-15-10-6-7-11-16(15)18(21-23-4)19(20-2)22-3;2*1-2/h5-12H,13H2,1-4H3;2*1-2H3/b20-19?,21-18-;;. The fourth-order valence-corrected chi connectivity index (χ4v) is 2.34. The summed E-state index contributed by atoms with van der Waals surface area (Å²) >= 11 is 0. The maximum absolute atomic E-state index is 5.96. The van der Waals surface area contributed by atoms with Gasteiger partial charge in [0.15, 0.2) is 5.71 Å². The number of hydrogen-bond acceptors (Lipinski definition) is 5. The smallest absolute Gasteiger partial charge is 0.238 e. The minimum absolute atomic E-state index is 0.403. The highest BCUT2D eigenvalue weighted by molar-refractivity contribution is 6.45. The van der Waals surface area contributed by atoms with Gasteiger partial charge in [0.1, 0.15) is 19.5 Å². The predicted molar refractivity (Wildman–Crippen MR) is 119 cm³/mol. The second-order valence-corrected chi connectivity index (χ2v) is 5.07. The van der Waals surface area contributed by atoms with E-state index in [1.54, 1.807) is 14.2 Å². The molecule has 5 nitrogen and oxygen atoms in total. The number of nitrogens with zero attached hydrogens (tertiary/aromatic N) is 2. The van der Waals surface area contributed by atoms with E-state index < -0.39 is 0 Å². The van der Waals surface area contributed by atoms with E-state index in [9.17, 15) is 0 Å². The minimum atomic E-state index is 0.403. The Morgan fingerprint density at radius 3 is 2.07 bits per heavy atom. The lowest BCUT2D eigenvalue weighted by Gasteiger charge is -2.14. The number of hydrogen-bond donors (Lipinski definition) is 0. The maximum Gasteiger partial charge on any atom is 0.238 e. The topological polar surface area (TPSA) is 52.4 Å². The van der Waals surface area contributed by atoms with Gasteiger partial charge in [-0.05, 0) is 24.1 Å². The second kappa shape index (κ2) is 15.3. The van der Waals surface area contributed by atoms with Crippen molar-refractivity contribution in [3.63, 3.8) is 0 Å². The van der Waals surface area contributed by atoms with E-state index in [4.69, 9.17) is 14.3 Å². The van der Waals surface area contributed by atoms with Crippen molar-refractivity contribution in [2.75, 3.05) is 21.3 Å². The highest BCUT2D eigenvalue weighted by Crippen LogP contribution is 2.20. The third kappa shape index (κ3) is 7.43. The Labute approximate surface area is 170 Å². The quantitative estimate of drug-likeness (QED) is 0.366. The molecule has 154 valence electrons. The lowest BCUT2D eigenvalue weighted by atomic mass is 10.0. The summed E-state index contributed by atoms with van der Waals surface area (Å²) in [5, 5.41) is 4.07. The van der Waals surface area contributed by atoms with Crippen LogP contribution in [0.25, 0.3) is 0 Å². The zero-order chi connectivity index (χ0) is 21.4. The average molecular weight is 387 g/mol. The van der Waals surface area contributed by atoms with Gasteiger partial charge >= 0.3 is 0 Å². The molecule has 0 spiro atoms. The molecule has 0 amide bonds. The fourth-order valence-electron chi connectivity index (χ4n) is 2.34. The lowest BCUT2D eigenvalue weighted by Crippen LogP contribution is -2.20. The molecule has 0 unspecified atom stereocenters. The maximum atomic E-state index is 5.96. The van der Waals surface area contributed by atoms with Gasteiger partial charge in [0.25, 0.3) is 0 Å². The molecule has 0 aliphatic heterocycles. The van der Waals surface area contributed by atoms with Crippen LogP contribution < -0.4 is 4.74 Å². The molecule has 5 heteroatoms. The Balaban J connectivity index is 0.00000171. The van der Waals surface area contributed by atoms with Gasteiger partial charge in [-0.15, -0.1) is 0 Å². The minimum Gasteiger partial charge on any atom is -0.489 e. The summed E-state index contributed by atoms with van der Waals surface area (Å²) in [6, 6.07) is 15.7. The molecule has 0 aliphatic carbocycles. The first kappa shape index (κ1) is 25.2. The molecule has 28 heavy (non-hydrogen) atoms. The lowest BCUT2D eigenvalue weighted by molar-refractivity contribution is 0.213. The van der Waals surface area contributed by atoms with E-state index in [1.807, 2.05) is 83.1 Å². The van der Waals surface area contributed by atoms with Gasteiger partial charge in [0, 0.05) is 12.6 Å². The molecule has 0 fully saturated rings. The number of ether oxygens (including phenoxy) is 2. The van der Waals surface area contributed by atoms with E-state index in [0.717, 1.165) is 22.4 Å². The van der Waals surface area contributed by atoms with Crippen LogP contribution in [-0.4, -0.2) is 32.9 Å². The molecule has 2 aromatic carbocycles. The van der Waals surface area contributed by atoms with E-state index in [-0.39, 0.29) is 0 Å². The molecule has 0 atom stereocenters. The first-order chi connectivity index (χ1) is 13.7. The Morgan fingerprint density at radius 1 is 0.893 bits per heavy atom. The highest BCUT2D eigenvalue weighted by Gasteiger charge is 2.17. The summed E-state index contributed by atoms with van der Waals surface area (Å²) in [5.41, 5.74) is 3.45. The van der Waals surface area contributed by atoms with E-state index in [2.05, 4.69) is 10.1 Å². The number of para-hydroxylation sites is 1. The van der Waals surface area contributed by atoms with Crippen LogP contribution >= 0.6 is 0 Å². The molecule has 0 saturated heterocycles. The van der Waals surface area contributed by atoms with Gasteiger partial charge in [-0.2, -0.15) is 0 Å². The van der Waals surface area contributed by atoms with Crippen LogP contribution in [0, 0.1) is 6.92 Å². The normalized spacial score (nSPS) is 10.7. The van der Waals surface area contributed by atoms with Crippen LogP contribution in [0.2, 0.25) is 0 Å². The van der Waals surface area contributed by atoms with E-state index >= 15 is 0 Å². The molecule has 0 aromatic heterocycles. The van der Waals surface area contributed by atoms with Crippen molar-refractivity contribution in [1.29, 1.82) is 0 Å². The molecule has 2 aromatic rings. The second-order valence-electron chi connectivity index (χ2n) is 5.07. The van der Waals surface area contributed by atoms with Crippen molar-refractivity contribution < 1.29 is 14.3 Å². The zero-order valence-electron chi connectivity index (χ0n) is 18.4. The summed E-state index contributed by atoms with van der Waals surface area (Å²) in [4.78, 5) is 9.08. The number of methoxy groups -OCH3 is 1. The van der Waals surface area contributed by atoms with Gasteiger partial charge in [-0.3, -0.25) is 4.99 Å². The van der Waals surface area contributed by atoms with Gasteiger partial charge in [-0.1, -0.05) is 75.3 Å². The monoisotopic (exact) mass is 386 g/mol.